The Hall–Kier alpha value is -2.14. The summed E-state index contributed by atoms with van der Waals surface area (Å²) in [5, 5.41) is 5.82. The molecule has 29 heavy (non-hydrogen) atoms. The number of hydrogen-bond acceptors (Lipinski definition) is 3. The molecule has 0 aliphatic heterocycles. The molecule has 0 heterocycles. The lowest BCUT2D eigenvalue weighted by Gasteiger charge is -2.21. The van der Waals surface area contributed by atoms with Crippen LogP contribution >= 0.6 is 45.2 Å². The van der Waals surface area contributed by atoms with Crippen molar-refractivity contribution in [1.82, 2.24) is 10.6 Å². The van der Waals surface area contributed by atoms with Crippen LogP contribution in [0.4, 0.5) is 0 Å². The molecule has 5 nitrogen and oxygen atoms in total. The number of rotatable bonds is 6. The van der Waals surface area contributed by atoms with E-state index in [-0.39, 0.29) is 11.8 Å². The van der Waals surface area contributed by atoms with Gasteiger partial charge in [0.1, 0.15) is 11.9 Å². The molecule has 0 saturated heterocycles. The third-order valence-corrected chi connectivity index (χ3v) is 5.49. The molecule has 3 rings (SSSR count). The Bertz CT molecular complexity index is 980. The van der Waals surface area contributed by atoms with E-state index < -0.39 is 6.17 Å². The smallest absolute Gasteiger partial charge is 0.253 e. The van der Waals surface area contributed by atoms with Crippen molar-refractivity contribution in [1.29, 1.82) is 0 Å². The molecule has 0 fully saturated rings. The summed E-state index contributed by atoms with van der Waals surface area (Å²) in [5.41, 5.74) is 1.75. The number of carbonyl (C=O) groups excluding carboxylic acids is 2. The van der Waals surface area contributed by atoms with Crippen LogP contribution in [0.15, 0.2) is 72.8 Å². The minimum atomic E-state index is -0.721. The predicted octanol–water partition coefficient (Wildman–Crippen LogP) is 4.76. The van der Waals surface area contributed by atoms with Crippen LogP contribution in [0.25, 0.3) is 0 Å². The molecule has 0 bridgehead atoms. The maximum Gasteiger partial charge on any atom is 0.253 e. The van der Waals surface area contributed by atoms with Crippen LogP contribution in [0.1, 0.15) is 32.4 Å². The van der Waals surface area contributed by atoms with Crippen molar-refractivity contribution in [3.8, 4) is 5.75 Å². The summed E-state index contributed by atoms with van der Waals surface area (Å²) in [5.74, 6) is 0.0815. The summed E-state index contributed by atoms with van der Waals surface area (Å²) in [4.78, 5) is 25.6. The fourth-order valence-electron chi connectivity index (χ4n) is 2.71. The van der Waals surface area contributed by atoms with Gasteiger partial charge in [-0.2, -0.15) is 0 Å². The third kappa shape index (κ3) is 5.92. The van der Waals surface area contributed by atoms with E-state index in [0.29, 0.717) is 22.4 Å². The first kappa shape index (κ1) is 21.6. The zero-order chi connectivity index (χ0) is 20.8. The van der Waals surface area contributed by atoms with Crippen LogP contribution in [0.3, 0.4) is 0 Å². The van der Waals surface area contributed by atoms with E-state index >= 15 is 0 Å². The fourth-order valence-corrected chi connectivity index (χ4v) is 3.80. The molecule has 3 aromatic carbocycles. The Morgan fingerprint density at radius 1 is 0.793 bits per heavy atom. The van der Waals surface area contributed by atoms with Crippen LogP contribution < -0.4 is 15.4 Å². The molecule has 0 aliphatic carbocycles. The van der Waals surface area contributed by atoms with E-state index in [2.05, 4.69) is 55.8 Å². The number of ether oxygens (including phenoxy) is 1. The zero-order valence-corrected chi connectivity index (χ0v) is 19.8. The van der Waals surface area contributed by atoms with Gasteiger partial charge in [-0.15, -0.1) is 0 Å². The largest absolute Gasteiger partial charge is 0.497 e. The first-order valence-electron chi connectivity index (χ1n) is 8.73. The van der Waals surface area contributed by atoms with Crippen LogP contribution in [0, 0.1) is 7.14 Å². The lowest BCUT2D eigenvalue weighted by atomic mass is 10.1. The zero-order valence-electron chi connectivity index (χ0n) is 15.5. The minimum absolute atomic E-state index is 0.278. The highest BCUT2D eigenvalue weighted by molar-refractivity contribution is 14.1. The molecule has 2 amide bonds. The highest BCUT2D eigenvalue weighted by atomic mass is 127. The molecule has 148 valence electrons. The average Bonchev–Trinajstić information content (AvgIpc) is 2.73. The van der Waals surface area contributed by atoms with Crippen LogP contribution in [-0.4, -0.2) is 18.9 Å². The van der Waals surface area contributed by atoms with Crippen molar-refractivity contribution in [2.24, 2.45) is 0 Å². The second-order valence-electron chi connectivity index (χ2n) is 6.18. The van der Waals surface area contributed by atoms with Gasteiger partial charge in [-0.1, -0.05) is 24.3 Å². The van der Waals surface area contributed by atoms with Gasteiger partial charge in [0.2, 0.25) is 0 Å². The van der Waals surface area contributed by atoms with Crippen molar-refractivity contribution in [2.75, 3.05) is 7.11 Å². The van der Waals surface area contributed by atoms with Crippen LogP contribution in [-0.2, 0) is 0 Å². The number of halogens is 2. The molecule has 0 radical (unpaired) electrons. The van der Waals surface area contributed by atoms with Gasteiger partial charge in [0.05, 0.1) is 7.11 Å². The monoisotopic (exact) mass is 612 g/mol. The summed E-state index contributed by atoms with van der Waals surface area (Å²) in [6, 6.07) is 21.8. The first-order valence-corrected chi connectivity index (χ1v) is 10.9. The molecule has 2 N–H and O–H groups in total. The van der Waals surface area contributed by atoms with Gasteiger partial charge in [0.15, 0.2) is 0 Å². The van der Waals surface area contributed by atoms with Crippen molar-refractivity contribution in [3.05, 3.63) is 96.6 Å². The normalized spacial score (nSPS) is 10.5. The van der Waals surface area contributed by atoms with Gasteiger partial charge in [0.25, 0.3) is 11.8 Å². The van der Waals surface area contributed by atoms with Crippen LogP contribution in [0.2, 0.25) is 0 Å². The molecule has 3 aromatic rings. The summed E-state index contributed by atoms with van der Waals surface area (Å²) in [6.07, 6.45) is -0.721. The molecule has 0 spiro atoms. The number of carbonyl (C=O) groups is 2. The van der Waals surface area contributed by atoms with Gasteiger partial charge in [-0.25, -0.2) is 0 Å². The molecule has 0 aliphatic rings. The second-order valence-corrected chi connectivity index (χ2v) is 8.67. The predicted molar refractivity (Wildman–Crippen MR) is 129 cm³/mol. The summed E-state index contributed by atoms with van der Waals surface area (Å²) in [6.45, 7) is 0. The lowest BCUT2D eigenvalue weighted by Crippen LogP contribution is -2.41. The maximum atomic E-state index is 12.8. The van der Waals surface area contributed by atoms with Gasteiger partial charge in [0, 0.05) is 18.3 Å². The van der Waals surface area contributed by atoms with Crippen molar-refractivity contribution >= 4 is 57.0 Å². The quantitative estimate of drug-likeness (QED) is 0.312. The third-order valence-electron chi connectivity index (χ3n) is 4.15. The minimum Gasteiger partial charge on any atom is -0.497 e. The highest BCUT2D eigenvalue weighted by Gasteiger charge is 2.20. The number of methoxy groups -OCH3 is 1. The molecule has 0 atom stereocenters. The number of benzene rings is 3. The molecule has 0 aromatic heterocycles. The lowest BCUT2D eigenvalue weighted by molar-refractivity contribution is 0.0883. The molecule has 0 unspecified atom stereocenters. The first-order chi connectivity index (χ1) is 14.0. The highest BCUT2D eigenvalue weighted by Crippen LogP contribution is 2.19. The average molecular weight is 612 g/mol. The Morgan fingerprint density at radius 2 is 1.31 bits per heavy atom. The van der Waals surface area contributed by atoms with Crippen molar-refractivity contribution in [2.45, 2.75) is 6.17 Å². The second kappa shape index (κ2) is 10.1. The Balaban J connectivity index is 1.88. The van der Waals surface area contributed by atoms with Gasteiger partial charge < -0.3 is 15.4 Å². The van der Waals surface area contributed by atoms with Gasteiger partial charge >= 0.3 is 0 Å². The van der Waals surface area contributed by atoms with E-state index in [1.165, 1.54) is 0 Å². The molecule has 7 heteroatoms. The van der Waals surface area contributed by atoms with Crippen molar-refractivity contribution in [3.63, 3.8) is 0 Å². The Morgan fingerprint density at radius 3 is 1.79 bits per heavy atom. The van der Waals surface area contributed by atoms with E-state index in [1.807, 2.05) is 42.5 Å². The molecular weight excluding hydrogens is 594 g/mol. The number of amides is 2. The van der Waals surface area contributed by atoms with E-state index in [0.717, 1.165) is 7.14 Å². The number of nitrogens with one attached hydrogen (secondary N) is 2. The number of hydrogen-bond donors (Lipinski definition) is 2. The standard InChI is InChI=1S/C22H18I2N2O3/c1-29-19-10-4-5-14(13-19)20(25-21(27)15-6-2-8-17(23)11-15)26-22(28)16-7-3-9-18(24)12-16/h2-13,20H,1H3,(H,25,27)(H,26,28). The molecule has 0 saturated carbocycles. The maximum absolute atomic E-state index is 12.8. The summed E-state index contributed by atoms with van der Waals surface area (Å²) < 4.78 is 7.20. The van der Waals surface area contributed by atoms with Crippen LogP contribution in [0.5, 0.6) is 5.75 Å². The van der Waals surface area contributed by atoms with E-state index in [1.54, 1.807) is 37.4 Å². The van der Waals surface area contributed by atoms with Gasteiger partial charge in [-0.05, 0) is 99.3 Å². The molecular formula is C22H18I2N2O3. The Kier molecular flexibility index (Phi) is 7.48. The van der Waals surface area contributed by atoms with Crippen molar-refractivity contribution < 1.29 is 14.3 Å². The summed E-state index contributed by atoms with van der Waals surface area (Å²) in [7, 11) is 1.57. The van der Waals surface area contributed by atoms with E-state index in [4.69, 9.17) is 4.74 Å². The van der Waals surface area contributed by atoms with E-state index in [9.17, 15) is 9.59 Å². The fraction of sp³-hybridized carbons (Fsp3) is 0.0909. The Labute approximate surface area is 196 Å². The van der Waals surface area contributed by atoms with Gasteiger partial charge in [-0.3, -0.25) is 9.59 Å². The summed E-state index contributed by atoms with van der Waals surface area (Å²) >= 11 is 4.31. The topological polar surface area (TPSA) is 67.4 Å². The SMILES string of the molecule is COc1cccc(C(NC(=O)c2cccc(I)c2)NC(=O)c2cccc(I)c2)c1.